The Morgan fingerprint density at radius 2 is 2.00 bits per heavy atom. The molecule has 1 fully saturated rings. The first-order chi connectivity index (χ1) is 9.06. The number of halogens is 1. The first-order valence-corrected chi connectivity index (χ1v) is 8.34. The zero-order valence-electron chi connectivity index (χ0n) is 10.1. The predicted octanol–water partition coefficient (Wildman–Crippen LogP) is 2.68. The maximum Gasteiger partial charge on any atom is 0.276 e. The summed E-state index contributed by atoms with van der Waals surface area (Å²) in [5, 5.41) is 4.07. The molecule has 19 heavy (non-hydrogen) atoms. The van der Waals surface area contributed by atoms with Crippen molar-refractivity contribution in [1.29, 1.82) is 0 Å². The number of allylic oxidation sites excluding steroid dienone is 2. The van der Waals surface area contributed by atoms with Crippen molar-refractivity contribution in [2.45, 2.75) is 17.7 Å². The molecule has 100 valence electrons. The Balaban J connectivity index is 1.72. The fourth-order valence-corrected chi connectivity index (χ4v) is 3.55. The topological polar surface area (TPSA) is 58.5 Å². The van der Waals surface area contributed by atoms with Crippen LogP contribution >= 0.6 is 15.9 Å². The normalized spacial score (nSPS) is 27.1. The van der Waals surface area contributed by atoms with Crippen LogP contribution in [0.15, 0.2) is 50.9 Å². The summed E-state index contributed by atoms with van der Waals surface area (Å²) in [4.78, 5) is 2.55. The molecule has 1 N–H and O–H groups in total. The fourth-order valence-electron chi connectivity index (χ4n) is 2.45. The van der Waals surface area contributed by atoms with Crippen molar-refractivity contribution < 1.29 is 8.42 Å². The summed E-state index contributed by atoms with van der Waals surface area (Å²) in [6.45, 7) is 0. The Morgan fingerprint density at radius 1 is 1.26 bits per heavy atom. The lowest BCUT2D eigenvalue weighted by Crippen LogP contribution is -2.35. The SMILES string of the molecule is O=S(=O)(N/N=C1\C[C@@H]2C=CC[C@@H]12)c1ccc(Br)cc1. The number of sulfonamides is 1. The quantitative estimate of drug-likeness (QED) is 0.679. The van der Waals surface area contributed by atoms with Crippen LogP contribution in [0.25, 0.3) is 0 Å². The Labute approximate surface area is 120 Å². The number of nitrogens with zero attached hydrogens (tertiary/aromatic N) is 1. The number of fused-ring (bicyclic) bond motifs is 1. The van der Waals surface area contributed by atoms with Crippen LogP contribution in [-0.4, -0.2) is 14.1 Å². The van der Waals surface area contributed by atoms with Gasteiger partial charge in [-0.05, 0) is 43.0 Å². The van der Waals surface area contributed by atoms with Crippen molar-refractivity contribution in [3.63, 3.8) is 0 Å². The van der Waals surface area contributed by atoms with Crippen LogP contribution < -0.4 is 4.83 Å². The van der Waals surface area contributed by atoms with Crippen molar-refractivity contribution in [3.05, 3.63) is 40.9 Å². The molecule has 0 saturated heterocycles. The third-order valence-electron chi connectivity index (χ3n) is 3.60. The molecular formula is C13H13BrN2O2S. The van der Waals surface area contributed by atoms with Crippen molar-refractivity contribution >= 4 is 31.7 Å². The minimum absolute atomic E-state index is 0.223. The Hall–Kier alpha value is -1.14. The molecule has 0 unspecified atom stereocenters. The smallest absolute Gasteiger partial charge is 0.200 e. The zero-order valence-corrected chi connectivity index (χ0v) is 12.5. The average molecular weight is 341 g/mol. The van der Waals surface area contributed by atoms with Gasteiger partial charge in [0.15, 0.2) is 0 Å². The number of hydrazone groups is 1. The molecular weight excluding hydrogens is 328 g/mol. The summed E-state index contributed by atoms with van der Waals surface area (Å²) in [6, 6.07) is 6.49. The van der Waals surface area contributed by atoms with E-state index < -0.39 is 10.0 Å². The van der Waals surface area contributed by atoms with E-state index >= 15 is 0 Å². The maximum atomic E-state index is 12.0. The van der Waals surface area contributed by atoms with E-state index in [0.717, 1.165) is 23.0 Å². The number of hydrogen-bond acceptors (Lipinski definition) is 3. The Kier molecular flexibility index (Phi) is 3.22. The van der Waals surface area contributed by atoms with Gasteiger partial charge in [0.1, 0.15) is 0 Å². The molecule has 1 aromatic carbocycles. The molecule has 3 rings (SSSR count). The molecule has 1 aromatic rings. The van der Waals surface area contributed by atoms with Gasteiger partial charge in [0, 0.05) is 16.1 Å². The molecule has 6 heteroatoms. The molecule has 0 heterocycles. The molecule has 2 aliphatic rings. The molecule has 0 amide bonds. The second-order valence-electron chi connectivity index (χ2n) is 4.79. The molecule has 2 atom stereocenters. The fraction of sp³-hybridized carbons (Fsp3) is 0.308. The highest BCUT2D eigenvalue weighted by Gasteiger charge is 2.38. The highest BCUT2D eigenvalue weighted by atomic mass is 79.9. The van der Waals surface area contributed by atoms with Crippen LogP contribution in [0, 0.1) is 11.8 Å². The number of hydrogen-bond donors (Lipinski definition) is 1. The lowest BCUT2D eigenvalue weighted by molar-refractivity contribution is 0.463. The minimum Gasteiger partial charge on any atom is -0.200 e. The predicted molar refractivity (Wildman–Crippen MR) is 77.3 cm³/mol. The molecule has 0 aliphatic heterocycles. The molecule has 0 radical (unpaired) electrons. The van der Waals surface area contributed by atoms with E-state index in [-0.39, 0.29) is 4.90 Å². The zero-order chi connectivity index (χ0) is 13.5. The largest absolute Gasteiger partial charge is 0.276 e. The molecule has 0 spiro atoms. The second-order valence-corrected chi connectivity index (χ2v) is 7.37. The van der Waals surface area contributed by atoms with E-state index in [0.29, 0.717) is 11.8 Å². The van der Waals surface area contributed by atoms with E-state index in [9.17, 15) is 8.42 Å². The molecule has 1 saturated carbocycles. The van der Waals surface area contributed by atoms with Crippen molar-refractivity contribution in [1.82, 2.24) is 4.83 Å². The Bertz CT molecular complexity index is 650. The third kappa shape index (κ3) is 2.47. The number of rotatable bonds is 3. The van der Waals surface area contributed by atoms with Crippen molar-refractivity contribution in [2.24, 2.45) is 16.9 Å². The van der Waals surface area contributed by atoms with Gasteiger partial charge in [0.05, 0.1) is 4.90 Å². The lowest BCUT2D eigenvalue weighted by atomic mass is 9.74. The van der Waals surface area contributed by atoms with Crippen LogP contribution in [0.5, 0.6) is 0 Å². The van der Waals surface area contributed by atoms with Crippen LogP contribution in [0.4, 0.5) is 0 Å². The standard InChI is InChI=1S/C13H13BrN2O2S/c14-10-4-6-11(7-5-10)19(17,18)16-15-13-8-9-2-1-3-12(9)13/h1-2,4-7,9,12,16H,3,8H2/b15-13+/t9-,12+/m0/s1. The van der Waals surface area contributed by atoms with E-state index in [1.165, 1.54) is 0 Å². The lowest BCUT2D eigenvalue weighted by Gasteiger charge is -2.31. The van der Waals surface area contributed by atoms with E-state index in [1.54, 1.807) is 24.3 Å². The molecule has 0 bridgehead atoms. The van der Waals surface area contributed by atoms with E-state index in [4.69, 9.17) is 0 Å². The number of benzene rings is 1. The molecule has 2 aliphatic carbocycles. The van der Waals surface area contributed by atoms with Crippen LogP contribution in [0.3, 0.4) is 0 Å². The average Bonchev–Trinajstić information content (AvgIpc) is 2.72. The van der Waals surface area contributed by atoms with Crippen LogP contribution in [0.1, 0.15) is 12.8 Å². The summed E-state index contributed by atoms with van der Waals surface area (Å²) in [5.41, 5.74) is 0.954. The first kappa shape index (κ1) is 12.9. The summed E-state index contributed by atoms with van der Waals surface area (Å²) in [7, 11) is -3.56. The van der Waals surface area contributed by atoms with Gasteiger partial charge in [-0.15, -0.1) is 0 Å². The summed E-state index contributed by atoms with van der Waals surface area (Å²) < 4.78 is 24.9. The third-order valence-corrected chi connectivity index (χ3v) is 5.35. The van der Waals surface area contributed by atoms with Gasteiger partial charge < -0.3 is 0 Å². The first-order valence-electron chi connectivity index (χ1n) is 6.07. The summed E-state index contributed by atoms with van der Waals surface area (Å²) >= 11 is 3.28. The molecule has 4 nitrogen and oxygen atoms in total. The van der Waals surface area contributed by atoms with Gasteiger partial charge in [-0.3, -0.25) is 0 Å². The second kappa shape index (κ2) is 4.76. The number of nitrogens with one attached hydrogen (secondary N) is 1. The van der Waals surface area contributed by atoms with Crippen molar-refractivity contribution in [2.75, 3.05) is 0 Å². The van der Waals surface area contributed by atoms with Gasteiger partial charge in [-0.2, -0.15) is 13.5 Å². The summed E-state index contributed by atoms with van der Waals surface area (Å²) in [6.07, 6.45) is 6.17. The summed E-state index contributed by atoms with van der Waals surface area (Å²) in [5.74, 6) is 0.976. The van der Waals surface area contributed by atoms with Gasteiger partial charge in [0.25, 0.3) is 10.0 Å². The molecule has 0 aromatic heterocycles. The van der Waals surface area contributed by atoms with Crippen molar-refractivity contribution in [3.8, 4) is 0 Å². The van der Waals surface area contributed by atoms with Crippen LogP contribution in [0.2, 0.25) is 0 Å². The van der Waals surface area contributed by atoms with Gasteiger partial charge in [0.2, 0.25) is 0 Å². The van der Waals surface area contributed by atoms with E-state index in [2.05, 4.69) is 38.0 Å². The maximum absolute atomic E-state index is 12.0. The van der Waals surface area contributed by atoms with Crippen LogP contribution in [-0.2, 0) is 10.0 Å². The van der Waals surface area contributed by atoms with Gasteiger partial charge >= 0.3 is 0 Å². The highest BCUT2D eigenvalue weighted by Crippen LogP contribution is 2.40. The minimum atomic E-state index is -3.56. The van der Waals surface area contributed by atoms with E-state index in [1.807, 2.05) is 0 Å². The monoisotopic (exact) mass is 340 g/mol. The highest BCUT2D eigenvalue weighted by molar-refractivity contribution is 9.10. The van der Waals surface area contributed by atoms with Gasteiger partial charge in [-0.25, -0.2) is 4.83 Å². The Morgan fingerprint density at radius 3 is 2.68 bits per heavy atom. The van der Waals surface area contributed by atoms with Gasteiger partial charge in [-0.1, -0.05) is 28.1 Å².